The van der Waals surface area contributed by atoms with Gasteiger partial charge in [-0.2, -0.15) is 0 Å². The summed E-state index contributed by atoms with van der Waals surface area (Å²) in [6.45, 7) is 1.54. The lowest BCUT2D eigenvalue weighted by Gasteiger charge is -2.00. The maximum atomic E-state index is 11.5. The van der Waals surface area contributed by atoms with Gasteiger partial charge in [-0.1, -0.05) is 21.1 Å². The number of nitrogens with zero attached hydrogens (tertiary/aromatic N) is 1. The Labute approximate surface area is 99.3 Å². The summed E-state index contributed by atoms with van der Waals surface area (Å²) in [5.41, 5.74) is 0.483. The molecule has 0 aliphatic carbocycles. The van der Waals surface area contributed by atoms with E-state index in [4.69, 9.17) is 9.62 Å². The van der Waals surface area contributed by atoms with Crippen LogP contribution in [-0.4, -0.2) is 10.9 Å². The molecule has 0 aliphatic heterocycles. The Bertz CT molecular complexity index is 631. The molecule has 1 heterocycles. The standard InChI is InChI=1S/C11H8BrNO3/c1-6(13-15)9-5-7-4-8(12)2-3-10(7)16-11(9)14/h2-5,15H,1H3/b13-6+. The van der Waals surface area contributed by atoms with E-state index < -0.39 is 5.63 Å². The zero-order valence-corrected chi connectivity index (χ0v) is 9.98. The summed E-state index contributed by atoms with van der Waals surface area (Å²) in [4.78, 5) is 11.5. The molecule has 0 saturated carbocycles. The van der Waals surface area contributed by atoms with Crippen LogP contribution in [0.5, 0.6) is 0 Å². The molecule has 0 atom stereocenters. The molecule has 1 aromatic heterocycles. The van der Waals surface area contributed by atoms with E-state index in [0.29, 0.717) is 5.58 Å². The van der Waals surface area contributed by atoms with Crippen molar-refractivity contribution in [3.05, 3.63) is 44.7 Å². The van der Waals surface area contributed by atoms with Crippen LogP contribution in [0.25, 0.3) is 11.0 Å². The van der Waals surface area contributed by atoms with Crippen molar-refractivity contribution in [1.29, 1.82) is 0 Å². The lowest BCUT2D eigenvalue weighted by atomic mass is 10.1. The maximum absolute atomic E-state index is 11.5. The maximum Gasteiger partial charge on any atom is 0.345 e. The van der Waals surface area contributed by atoms with Crippen LogP contribution < -0.4 is 5.63 Å². The van der Waals surface area contributed by atoms with E-state index in [1.807, 2.05) is 6.07 Å². The van der Waals surface area contributed by atoms with Gasteiger partial charge in [0.15, 0.2) is 0 Å². The summed E-state index contributed by atoms with van der Waals surface area (Å²) in [5, 5.41) is 12.4. The number of hydrogen-bond donors (Lipinski definition) is 1. The summed E-state index contributed by atoms with van der Waals surface area (Å²) in [7, 11) is 0. The zero-order valence-electron chi connectivity index (χ0n) is 8.40. The summed E-state index contributed by atoms with van der Waals surface area (Å²) in [6.07, 6.45) is 0. The van der Waals surface area contributed by atoms with E-state index in [-0.39, 0.29) is 11.3 Å². The van der Waals surface area contributed by atoms with Crippen molar-refractivity contribution in [3.8, 4) is 0 Å². The molecule has 0 bridgehead atoms. The third-order valence-electron chi connectivity index (χ3n) is 2.23. The second kappa shape index (κ2) is 4.09. The molecule has 16 heavy (non-hydrogen) atoms. The predicted octanol–water partition coefficient (Wildman–Crippen LogP) is 2.75. The monoisotopic (exact) mass is 281 g/mol. The highest BCUT2D eigenvalue weighted by Gasteiger charge is 2.08. The van der Waals surface area contributed by atoms with Crippen LogP contribution in [0.2, 0.25) is 0 Å². The van der Waals surface area contributed by atoms with Crippen molar-refractivity contribution in [2.45, 2.75) is 6.92 Å². The van der Waals surface area contributed by atoms with E-state index in [2.05, 4.69) is 21.1 Å². The topological polar surface area (TPSA) is 62.8 Å². The van der Waals surface area contributed by atoms with Gasteiger partial charge < -0.3 is 9.62 Å². The molecule has 0 fully saturated rings. The molecule has 0 saturated heterocycles. The number of benzene rings is 1. The largest absolute Gasteiger partial charge is 0.422 e. The lowest BCUT2D eigenvalue weighted by Crippen LogP contribution is -2.11. The molecule has 5 heteroatoms. The third kappa shape index (κ3) is 1.86. The van der Waals surface area contributed by atoms with Gasteiger partial charge in [-0.15, -0.1) is 0 Å². The first kappa shape index (κ1) is 10.9. The first-order valence-corrected chi connectivity index (χ1v) is 5.33. The first-order chi connectivity index (χ1) is 7.61. The van der Waals surface area contributed by atoms with Gasteiger partial charge in [0.05, 0.1) is 11.3 Å². The highest BCUT2D eigenvalue weighted by Crippen LogP contribution is 2.19. The van der Waals surface area contributed by atoms with Gasteiger partial charge in [-0.05, 0) is 31.2 Å². The van der Waals surface area contributed by atoms with Crippen LogP contribution in [0.15, 0.2) is 43.1 Å². The summed E-state index contributed by atoms with van der Waals surface area (Å²) in [5.74, 6) is 0. The number of halogens is 1. The second-order valence-electron chi connectivity index (χ2n) is 3.32. The Morgan fingerprint density at radius 2 is 2.19 bits per heavy atom. The Balaban J connectivity index is 2.79. The Morgan fingerprint density at radius 3 is 2.88 bits per heavy atom. The van der Waals surface area contributed by atoms with E-state index in [1.54, 1.807) is 18.2 Å². The van der Waals surface area contributed by atoms with Crippen molar-refractivity contribution in [1.82, 2.24) is 0 Å². The minimum absolute atomic E-state index is 0.232. The van der Waals surface area contributed by atoms with E-state index in [9.17, 15) is 4.79 Å². The molecule has 2 aromatic rings. The van der Waals surface area contributed by atoms with Gasteiger partial charge in [0.1, 0.15) is 5.58 Å². The van der Waals surface area contributed by atoms with Gasteiger partial charge in [0.2, 0.25) is 0 Å². The van der Waals surface area contributed by atoms with Gasteiger partial charge in [-0.25, -0.2) is 4.79 Å². The highest BCUT2D eigenvalue weighted by atomic mass is 79.9. The first-order valence-electron chi connectivity index (χ1n) is 4.54. The fourth-order valence-corrected chi connectivity index (χ4v) is 1.78. The fraction of sp³-hybridized carbons (Fsp3) is 0.0909. The minimum atomic E-state index is -0.509. The van der Waals surface area contributed by atoms with Crippen LogP contribution in [0.4, 0.5) is 0 Å². The number of fused-ring (bicyclic) bond motifs is 1. The zero-order chi connectivity index (χ0) is 11.7. The average molecular weight is 282 g/mol. The summed E-state index contributed by atoms with van der Waals surface area (Å²) < 4.78 is 5.99. The van der Waals surface area contributed by atoms with Crippen LogP contribution in [0, 0.1) is 0 Å². The smallest absolute Gasteiger partial charge is 0.345 e. The van der Waals surface area contributed by atoms with Crippen LogP contribution in [-0.2, 0) is 0 Å². The van der Waals surface area contributed by atoms with Crippen molar-refractivity contribution in [2.24, 2.45) is 5.16 Å². The van der Waals surface area contributed by atoms with Crippen molar-refractivity contribution < 1.29 is 9.62 Å². The fourth-order valence-electron chi connectivity index (χ4n) is 1.40. The van der Waals surface area contributed by atoms with Crippen molar-refractivity contribution in [3.63, 3.8) is 0 Å². The molecule has 1 aromatic carbocycles. The molecule has 0 radical (unpaired) electrons. The summed E-state index contributed by atoms with van der Waals surface area (Å²) >= 11 is 3.33. The quantitative estimate of drug-likeness (QED) is 0.378. The van der Waals surface area contributed by atoms with Crippen LogP contribution >= 0.6 is 15.9 Å². The molecule has 0 amide bonds. The molecular formula is C11H8BrNO3. The van der Waals surface area contributed by atoms with Gasteiger partial charge in [0.25, 0.3) is 0 Å². The molecular weight excluding hydrogens is 274 g/mol. The van der Waals surface area contributed by atoms with E-state index in [0.717, 1.165) is 9.86 Å². The number of rotatable bonds is 1. The van der Waals surface area contributed by atoms with E-state index >= 15 is 0 Å². The van der Waals surface area contributed by atoms with Gasteiger partial charge >= 0.3 is 5.63 Å². The second-order valence-corrected chi connectivity index (χ2v) is 4.23. The Kier molecular flexibility index (Phi) is 2.78. The van der Waals surface area contributed by atoms with Crippen molar-refractivity contribution in [2.75, 3.05) is 0 Å². The lowest BCUT2D eigenvalue weighted by molar-refractivity contribution is 0.319. The van der Waals surface area contributed by atoms with Gasteiger partial charge in [-0.3, -0.25) is 0 Å². The Morgan fingerprint density at radius 1 is 1.44 bits per heavy atom. The minimum Gasteiger partial charge on any atom is -0.422 e. The molecule has 0 spiro atoms. The van der Waals surface area contributed by atoms with Crippen LogP contribution in [0.1, 0.15) is 12.5 Å². The number of oxime groups is 1. The third-order valence-corrected chi connectivity index (χ3v) is 2.73. The molecule has 4 nitrogen and oxygen atoms in total. The molecule has 0 aliphatic rings. The molecule has 1 N–H and O–H groups in total. The predicted molar refractivity (Wildman–Crippen MR) is 64.2 cm³/mol. The van der Waals surface area contributed by atoms with Gasteiger partial charge in [0, 0.05) is 9.86 Å². The molecule has 2 rings (SSSR count). The normalized spacial score (nSPS) is 12.0. The molecule has 0 unspecified atom stereocenters. The highest BCUT2D eigenvalue weighted by molar-refractivity contribution is 9.10. The average Bonchev–Trinajstić information content (AvgIpc) is 2.28. The Hall–Kier alpha value is -1.62. The number of hydrogen-bond acceptors (Lipinski definition) is 4. The summed E-state index contributed by atoms with van der Waals surface area (Å²) in [6, 6.07) is 6.96. The van der Waals surface area contributed by atoms with E-state index in [1.165, 1.54) is 6.92 Å². The van der Waals surface area contributed by atoms with Crippen LogP contribution in [0.3, 0.4) is 0 Å². The molecule has 82 valence electrons. The van der Waals surface area contributed by atoms with Crippen molar-refractivity contribution >= 4 is 32.6 Å². The SMILES string of the molecule is C/C(=N\O)c1cc2cc(Br)ccc2oc1=O.